The van der Waals surface area contributed by atoms with Crippen molar-refractivity contribution in [2.45, 2.75) is 12.6 Å². The van der Waals surface area contributed by atoms with Crippen molar-refractivity contribution in [2.24, 2.45) is 0 Å². The Morgan fingerprint density at radius 2 is 2.25 bits per heavy atom. The van der Waals surface area contributed by atoms with Gasteiger partial charge in [-0.1, -0.05) is 6.58 Å². The lowest BCUT2D eigenvalue weighted by atomic mass is 10.3. The van der Waals surface area contributed by atoms with Crippen molar-refractivity contribution in [3.8, 4) is 0 Å². The molecule has 0 saturated carbocycles. The van der Waals surface area contributed by atoms with Crippen LogP contribution in [0, 0.1) is 0 Å². The lowest BCUT2D eigenvalue weighted by Crippen LogP contribution is -2.44. The highest BCUT2D eigenvalue weighted by Crippen LogP contribution is 1.96. The Labute approximate surface area is 94.4 Å². The van der Waals surface area contributed by atoms with E-state index in [1.807, 2.05) is 0 Å². The van der Waals surface area contributed by atoms with Crippen LogP contribution in [0.1, 0.15) is 5.69 Å². The fourth-order valence-corrected chi connectivity index (χ4v) is 1.93. The Morgan fingerprint density at radius 3 is 2.81 bits per heavy atom. The summed E-state index contributed by atoms with van der Waals surface area (Å²) in [4.78, 5) is 0. The second kappa shape index (κ2) is 5.20. The fourth-order valence-electron chi connectivity index (χ4n) is 1.36. The van der Waals surface area contributed by atoms with Crippen LogP contribution >= 0.6 is 0 Å². The summed E-state index contributed by atoms with van der Waals surface area (Å²) >= 11 is 0. The van der Waals surface area contributed by atoms with E-state index in [4.69, 9.17) is 0 Å². The minimum Gasteiger partial charge on any atom is -0.748 e. The molecule has 1 heterocycles. The van der Waals surface area contributed by atoms with Crippen molar-refractivity contribution in [1.82, 2.24) is 0 Å². The van der Waals surface area contributed by atoms with Gasteiger partial charge in [0, 0.05) is 18.2 Å². The summed E-state index contributed by atoms with van der Waals surface area (Å²) in [5.41, 5.74) is 0.741. The lowest BCUT2D eigenvalue weighted by molar-refractivity contribution is -0.704. The van der Waals surface area contributed by atoms with Gasteiger partial charge in [0.1, 0.15) is 6.10 Å². The summed E-state index contributed by atoms with van der Waals surface area (Å²) in [6.45, 7) is 3.64. The molecule has 88 valence electrons. The van der Waals surface area contributed by atoms with Crippen molar-refractivity contribution >= 4 is 16.2 Å². The smallest absolute Gasteiger partial charge is 0.204 e. The molecular formula is C10H13NO4S. The first-order chi connectivity index (χ1) is 7.42. The van der Waals surface area contributed by atoms with E-state index in [1.54, 1.807) is 35.0 Å². The third-order valence-electron chi connectivity index (χ3n) is 1.99. The molecule has 1 N–H and O–H groups in total. The normalized spacial score (nSPS) is 13.4. The van der Waals surface area contributed by atoms with E-state index in [0.717, 1.165) is 5.69 Å². The Bertz CT molecular complexity index is 469. The molecule has 0 radical (unpaired) electrons. The van der Waals surface area contributed by atoms with Gasteiger partial charge in [-0.2, -0.15) is 4.57 Å². The maximum absolute atomic E-state index is 10.4. The molecule has 0 aromatic carbocycles. The number of hydrogen-bond acceptors (Lipinski definition) is 4. The molecule has 1 aromatic rings. The van der Waals surface area contributed by atoms with Crippen LogP contribution in [0.2, 0.25) is 0 Å². The van der Waals surface area contributed by atoms with Gasteiger partial charge >= 0.3 is 0 Å². The minimum atomic E-state index is -4.40. The zero-order valence-electron chi connectivity index (χ0n) is 8.61. The van der Waals surface area contributed by atoms with Crippen LogP contribution < -0.4 is 4.57 Å². The molecule has 0 fully saturated rings. The fraction of sp³-hybridized carbons (Fsp3) is 0.300. The topological polar surface area (TPSA) is 81.3 Å². The summed E-state index contributed by atoms with van der Waals surface area (Å²) in [5.74, 6) is -0.786. The van der Waals surface area contributed by atoms with E-state index >= 15 is 0 Å². The Kier molecular flexibility index (Phi) is 4.17. The van der Waals surface area contributed by atoms with Gasteiger partial charge in [0.25, 0.3) is 0 Å². The van der Waals surface area contributed by atoms with Crippen molar-refractivity contribution in [2.75, 3.05) is 5.75 Å². The summed E-state index contributed by atoms with van der Waals surface area (Å²) < 4.78 is 33.0. The lowest BCUT2D eigenvalue weighted by Gasteiger charge is -2.11. The monoisotopic (exact) mass is 243 g/mol. The molecule has 0 aliphatic rings. The highest BCUT2D eigenvalue weighted by Gasteiger charge is 2.16. The molecule has 1 unspecified atom stereocenters. The quantitative estimate of drug-likeness (QED) is 0.559. The maximum Gasteiger partial charge on any atom is 0.204 e. The van der Waals surface area contributed by atoms with E-state index < -0.39 is 22.0 Å². The first-order valence-corrected chi connectivity index (χ1v) is 6.22. The number of aromatic nitrogens is 1. The molecule has 0 bridgehead atoms. The number of hydrogen-bond donors (Lipinski definition) is 1. The van der Waals surface area contributed by atoms with Crippen LogP contribution in [0.3, 0.4) is 0 Å². The molecule has 1 atom stereocenters. The minimum absolute atomic E-state index is 0.0453. The van der Waals surface area contributed by atoms with Gasteiger partial charge in [-0.3, -0.25) is 0 Å². The standard InChI is InChI=1S/C10H13NO4S/c1-2-9-5-3-4-6-11(9)7-10(12)8-16(13,14)15/h2-6,10,12H,1,7-8H2. The molecule has 0 aliphatic heterocycles. The first kappa shape index (κ1) is 12.8. The third kappa shape index (κ3) is 4.09. The van der Waals surface area contributed by atoms with Crippen LogP contribution in [0.15, 0.2) is 31.0 Å². The van der Waals surface area contributed by atoms with Crippen molar-refractivity contribution in [3.05, 3.63) is 36.7 Å². The second-order valence-electron chi connectivity index (χ2n) is 3.36. The molecule has 0 aliphatic carbocycles. The molecule has 1 aromatic heterocycles. The van der Waals surface area contributed by atoms with Crippen LogP contribution in [0.4, 0.5) is 0 Å². The summed E-state index contributed by atoms with van der Waals surface area (Å²) in [5, 5.41) is 9.42. The molecular weight excluding hydrogens is 230 g/mol. The van der Waals surface area contributed by atoms with Crippen molar-refractivity contribution < 1.29 is 22.6 Å². The number of pyridine rings is 1. The van der Waals surface area contributed by atoms with Gasteiger partial charge < -0.3 is 9.66 Å². The van der Waals surface area contributed by atoms with Crippen molar-refractivity contribution in [1.29, 1.82) is 0 Å². The van der Waals surface area contributed by atoms with E-state index in [2.05, 4.69) is 6.58 Å². The third-order valence-corrected chi connectivity index (χ3v) is 2.78. The molecule has 1 rings (SSSR count). The number of nitrogens with zero attached hydrogens (tertiary/aromatic N) is 1. The van der Waals surface area contributed by atoms with Gasteiger partial charge in [0.2, 0.25) is 5.69 Å². The molecule has 0 amide bonds. The predicted octanol–water partition coefficient (Wildman–Crippen LogP) is -0.477. The summed E-state index contributed by atoms with van der Waals surface area (Å²) in [6.07, 6.45) is 2.05. The number of rotatable bonds is 5. The van der Waals surface area contributed by atoms with Crippen LogP contribution in [-0.4, -0.2) is 29.9 Å². The predicted molar refractivity (Wildman–Crippen MR) is 57.3 cm³/mol. The average molecular weight is 243 g/mol. The van der Waals surface area contributed by atoms with Gasteiger partial charge in [-0.25, -0.2) is 8.42 Å². The summed E-state index contributed by atoms with van der Waals surface area (Å²) in [7, 11) is -4.40. The average Bonchev–Trinajstić information content (AvgIpc) is 2.15. The zero-order chi connectivity index (χ0) is 12.2. The zero-order valence-corrected chi connectivity index (χ0v) is 9.43. The van der Waals surface area contributed by atoms with E-state index in [9.17, 15) is 18.1 Å². The maximum atomic E-state index is 10.4. The Hall–Kier alpha value is -1.24. The van der Waals surface area contributed by atoms with Gasteiger partial charge in [0.15, 0.2) is 12.7 Å². The number of aliphatic hydroxyl groups is 1. The molecule has 0 saturated heterocycles. The molecule has 16 heavy (non-hydrogen) atoms. The Morgan fingerprint density at radius 1 is 1.56 bits per heavy atom. The molecule has 6 heteroatoms. The van der Waals surface area contributed by atoms with Crippen LogP contribution in [0.25, 0.3) is 6.08 Å². The number of aliphatic hydroxyl groups excluding tert-OH is 1. The molecule has 0 spiro atoms. The van der Waals surface area contributed by atoms with Crippen molar-refractivity contribution in [3.63, 3.8) is 0 Å². The second-order valence-corrected chi connectivity index (χ2v) is 4.81. The SMILES string of the molecule is C=Cc1cccc[n+]1CC(O)CS(=O)(=O)[O-]. The van der Waals surface area contributed by atoms with E-state index in [0.29, 0.717) is 0 Å². The van der Waals surface area contributed by atoms with Gasteiger partial charge in [-0.15, -0.1) is 0 Å². The Balaban J connectivity index is 2.77. The molecule has 5 nitrogen and oxygen atoms in total. The van der Waals surface area contributed by atoms with Gasteiger partial charge in [0.05, 0.1) is 15.9 Å². The van der Waals surface area contributed by atoms with Crippen LogP contribution in [0.5, 0.6) is 0 Å². The van der Waals surface area contributed by atoms with E-state index in [-0.39, 0.29) is 6.54 Å². The van der Waals surface area contributed by atoms with Crippen LogP contribution in [-0.2, 0) is 16.7 Å². The largest absolute Gasteiger partial charge is 0.748 e. The summed E-state index contributed by atoms with van der Waals surface area (Å²) in [6, 6.07) is 5.31. The highest BCUT2D eigenvalue weighted by molar-refractivity contribution is 7.85. The van der Waals surface area contributed by atoms with E-state index in [1.165, 1.54) is 0 Å². The highest BCUT2D eigenvalue weighted by atomic mass is 32.2. The van der Waals surface area contributed by atoms with Gasteiger partial charge in [-0.05, 0) is 6.07 Å². The first-order valence-electron chi connectivity index (χ1n) is 4.65.